The summed E-state index contributed by atoms with van der Waals surface area (Å²) in [5.41, 5.74) is 0. The van der Waals surface area contributed by atoms with Crippen molar-refractivity contribution in [3.8, 4) is 0 Å². The molecule has 2 N–H and O–H groups in total. The molecule has 0 aromatic carbocycles. The van der Waals surface area contributed by atoms with Crippen molar-refractivity contribution in [2.75, 3.05) is 36.9 Å². The molecule has 1 aliphatic heterocycles. The number of rotatable bonds is 4. The van der Waals surface area contributed by atoms with Crippen LogP contribution in [-0.4, -0.2) is 45.3 Å². The monoisotopic (exact) mass is 230 g/mol. The fraction of sp³-hybridized carbons (Fsp3) is 1.00. The minimum atomic E-state index is -4.48. The maximum atomic E-state index is 12.0. The van der Waals surface area contributed by atoms with Crippen LogP contribution < -0.4 is 10.0 Å². The molecule has 0 amide bonds. The molecular formula is C6H15FN2O2S2. The molecule has 80 valence electrons. The van der Waals surface area contributed by atoms with Gasteiger partial charge in [-0.2, -0.15) is 13.1 Å². The molecule has 0 aromatic heterocycles. The molecule has 0 atom stereocenters. The minimum absolute atomic E-state index is 0.0809. The first-order valence-electron chi connectivity index (χ1n) is 4.20. The van der Waals surface area contributed by atoms with Crippen LogP contribution in [0, 0.1) is 0 Å². The number of thiol groups is 1. The maximum Gasteiger partial charge on any atom is 0.372 e. The third-order valence-corrected chi connectivity index (χ3v) is 5.03. The molecule has 0 aromatic rings. The van der Waals surface area contributed by atoms with Crippen LogP contribution in [0.1, 0.15) is 0 Å². The predicted molar refractivity (Wildman–Crippen MR) is 54.5 cm³/mol. The molecule has 13 heavy (non-hydrogen) atoms. The fourth-order valence-electron chi connectivity index (χ4n) is 1.26. The first kappa shape index (κ1) is 11.2. The Morgan fingerprint density at radius 3 is 2.54 bits per heavy atom. The maximum absolute atomic E-state index is 12.0. The van der Waals surface area contributed by atoms with Gasteiger partial charge in [-0.1, -0.05) is 3.89 Å². The van der Waals surface area contributed by atoms with Crippen LogP contribution in [0.4, 0.5) is 3.89 Å². The smallest absolute Gasteiger partial charge is 0.315 e. The molecule has 1 heterocycles. The molecule has 7 heteroatoms. The number of nitrogens with one attached hydrogen (secondary N) is 2. The van der Waals surface area contributed by atoms with Gasteiger partial charge in [0, 0.05) is 19.6 Å². The highest BCUT2D eigenvalue weighted by molar-refractivity contribution is 8.17. The van der Waals surface area contributed by atoms with Gasteiger partial charge in [0.15, 0.2) is 0 Å². The molecule has 0 saturated carbocycles. The van der Waals surface area contributed by atoms with Crippen molar-refractivity contribution in [3.63, 3.8) is 0 Å². The average Bonchev–Trinajstić information content (AvgIpc) is 2.04. The minimum Gasteiger partial charge on any atom is -0.315 e. The van der Waals surface area contributed by atoms with E-state index in [0.717, 1.165) is 30.3 Å². The van der Waals surface area contributed by atoms with Crippen molar-refractivity contribution in [1.82, 2.24) is 10.0 Å². The van der Waals surface area contributed by atoms with Gasteiger partial charge < -0.3 is 5.32 Å². The van der Waals surface area contributed by atoms with Crippen molar-refractivity contribution in [2.45, 2.75) is 0 Å². The summed E-state index contributed by atoms with van der Waals surface area (Å²) in [7, 11) is -4.56. The molecule has 1 fully saturated rings. The second-order valence-electron chi connectivity index (χ2n) is 2.92. The lowest BCUT2D eigenvalue weighted by Crippen LogP contribution is -2.32. The van der Waals surface area contributed by atoms with Gasteiger partial charge in [-0.15, -0.1) is 0 Å². The van der Waals surface area contributed by atoms with E-state index in [1.165, 1.54) is 0 Å². The SMILES string of the molecule is O=S(=O)(F)NCC[SH]1CCNCC1. The van der Waals surface area contributed by atoms with Crippen LogP contribution in [0.15, 0.2) is 0 Å². The summed E-state index contributed by atoms with van der Waals surface area (Å²) in [6.07, 6.45) is 0. The van der Waals surface area contributed by atoms with Crippen LogP contribution >= 0.6 is 10.9 Å². The molecule has 4 nitrogen and oxygen atoms in total. The molecule has 0 aliphatic carbocycles. The van der Waals surface area contributed by atoms with Gasteiger partial charge in [0.25, 0.3) is 0 Å². The van der Waals surface area contributed by atoms with Gasteiger partial charge in [-0.25, -0.2) is 10.9 Å². The van der Waals surface area contributed by atoms with Crippen molar-refractivity contribution < 1.29 is 12.3 Å². The predicted octanol–water partition coefficient (Wildman–Crippen LogP) is -0.605. The molecule has 0 radical (unpaired) electrons. The Morgan fingerprint density at radius 1 is 1.38 bits per heavy atom. The van der Waals surface area contributed by atoms with Crippen LogP contribution in [0.5, 0.6) is 0 Å². The molecule has 0 unspecified atom stereocenters. The third-order valence-electron chi connectivity index (χ3n) is 1.91. The zero-order valence-electron chi connectivity index (χ0n) is 7.29. The van der Waals surface area contributed by atoms with Crippen LogP contribution in [0.25, 0.3) is 0 Å². The molecule has 0 bridgehead atoms. The molecule has 1 rings (SSSR count). The Kier molecular flexibility index (Phi) is 4.43. The second-order valence-corrected chi connectivity index (χ2v) is 6.77. The summed E-state index contributed by atoms with van der Waals surface area (Å²) in [6, 6.07) is 0. The Hall–Kier alpha value is 0.150. The van der Waals surface area contributed by atoms with E-state index in [9.17, 15) is 12.3 Å². The van der Waals surface area contributed by atoms with Crippen molar-refractivity contribution in [1.29, 1.82) is 0 Å². The summed E-state index contributed by atoms with van der Waals surface area (Å²) >= 11 is 0. The highest BCUT2D eigenvalue weighted by Crippen LogP contribution is 2.24. The van der Waals surface area contributed by atoms with Gasteiger partial charge in [0.1, 0.15) is 0 Å². The highest BCUT2D eigenvalue weighted by Gasteiger charge is 2.10. The lowest BCUT2D eigenvalue weighted by atomic mass is 10.6. The van der Waals surface area contributed by atoms with Crippen molar-refractivity contribution >= 4 is 21.3 Å². The van der Waals surface area contributed by atoms with E-state index in [4.69, 9.17) is 0 Å². The summed E-state index contributed by atoms with van der Waals surface area (Å²) in [5, 5.41) is 3.22. The van der Waals surface area contributed by atoms with E-state index in [2.05, 4.69) is 5.32 Å². The normalized spacial score (nSPS) is 21.8. The Morgan fingerprint density at radius 2 is 2.00 bits per heavy atom. The van der Waals surface area contributed by atoms with Gasteiger partial charge in [0.2, 0.25) is 0 Å². The van der Waals surface area contributed by atoms with Gasteiger partial charge in [-0.3, -0.25) is 0 Å². The zero-order valence-corrected chi connectivity index (χ0v) is 9.00. The van der Waals surface area contributed by atoms with Crippen LogP contribution in [0.3, 0.4) is 0 Å². The summed E-state index contributed by atoms with van der Waals surface area (Å²) in [4.78, 5) is 0. The lowest BCUT2D eigenvalue weighted by Gasteiger charge is -2.26. The Labute approximate surface area is 81.0 Å². The van der Waals surface area contributed by atoms with E-state index in [1.807, 2.05) is 4.72 Å². The molecular weight excluding hydrogens is 215 g/mol. The summed E-state index contributed by atoms with van der Waals surface area (Å²) < 4.78 is 34.0. The summed E-state index contributed by atoms with van der Waals surface area (Å²) in [6.45, 7) is 2.26. The molecule has 0 spiro atoms. The summed E-state index contributed by atoms with van der Waals surface area (Å²) in [5.74, 6) is 3.02. The average molecular weight is 230 g/mol. The van der Waals surface area contributed by atoms with E-state index in [1.54, 1.807) is 0 Å². The molecule has 1 aliphatic rings. The standard InChI is InChI=1S/C6H15FN2O2S2/c7-13(10,11)9-3-6-12-4-1-8-2-5-12/h8-9,12H,1-6H2. The van der Waals surface area contributed by atoms with Gasteiger partial charge in [0.05, 0.1) is 0 Å². The van der Waals surface area contributed by atoms with Crippen LogP contribution in [-0.2, 0) is 10.4 Å². The first-order valence-corrected chi connectivity index (χ1v) is 7.48. The van der Waals surface area contributed by atoms with Gasteiger partial charge in [-0.05, 0) is 17.3 Å². The second kappa shape index (κ2) is 5.14. The van der Waals surface area contributed by atoms with E-state index >= 15 is 0 Å². The van der Waals surface area contributed by atoms with Gasteiger partial charge >= 0.3 is 10.4 Å². The number of halogens is 1. The van der Waals surface area contributed by atoms with E-state index in [0.29, 0.717) is 0 Å². The Bertz CT molecular complexity index is 239. The third kappa shape index (κ3) is 5.45. The van der Waals surface area contributed by atoms with Crippen molar-refractivity contribution in [2.24, 2.45) is 0 Å². The fourth-order valence-corrected chi connectivity index (χ4v) is 3.81. The first-order chi connectivity index (χ1) is 6.08. The van der Waals surface area contributed by atoms with Crippen molar-refractivity contribution in [3.05, 3.63) is 0 Å². The number of hydrogen-bond donors (Lipinski definition) is 3. The quantitative estimate of drug-likeness (QED) is 0.446. The van der Waals surface area contributed by atoms with E-state index < -0.39 is 10.4 Å². The number of hydrogen-bond acceptors (Lipinski definition) is 3. The largest absolute Gasteiger partial charge is 0.372 e. The lowest BCUT2D eigenvalue weighted by molar-refractivity contribution is 0.538. The zero-order chi connectivity index (χ0) is 9.73. The van der Waals surface area contributed by atoms with Crippen LogP contribution in [0.2, 0.25) is 0 Å². The molecule has 1 saturated heterocycles. The highest BCUT2D eigenvalue weighted by atomic mass is 32.3. The van der Waals surface area contributed by atoms with E-state index in [-0.39, 0.29) is 17.4 Å². The topological polar surface area (TPSA) is 58.2 Å². The Balaban J connectivity index is 2.11.